The maximum atomic E-state index is 13.8. The molecule has 0 spiro atoms. The van der Waals surface area contributed by atoms with Crippen LogP contribution < -0.4 is 15.7 Å². The Hall–Kier alpha value is -7.28. The fraction of sp³-hybridized carbons (Fsp3) is 0.492. The summed E-state index contributed by atoms with van der Waals surface area (Å²) in [6.07, 6.45) is 9.88. The number of hydrogen-bond acceptors (Lipinski definition) is 21. The van der Waals surface area contributed by atoms with Crippen LogP contribution in [0.2, 0.25) is 0 Å². The molecule has 2 atom stereocenters. The van der Waals surface area contributed by atoms with Crippen LogP contribution in [0, 0.1) is 17.4 Å². The van der Waals surface area contributed by atoms with Crippen molar-refractivity contribution in [1.82, 2.24) is 47.7 Å². The second kappa shape index (κ2) is 26.3. The number of anilines is 4. The van der Waals surface area contributed by atoms with Crippen LogP contribution in [0.25, 0.3) is 22.4 Å². The Kier molecular flexibility index (Phi) is 19.5. The molecule has 24 nitrogen and oxygen atoms in total. The molecule has 0 radical (unpaired) electrons. The van der Waals surface area contributed by atoms with Crippen molar-refractivity contribution < 1.29 is 56.3 Å². The summed E-state index contributed by atoms with van der Waals surface area (Å²) < 4.78 is 52.2. The zero-order chi connectivity index (χ0) is 64.5. The molecule has 28 heteroatoms. The second-order valence-electron chi connectivity index (χ2n) is 26.1. The maximum Gasteiger partial charge on any atom is 0.498 e. The SMILES string of the molecule is CC1(C)OB(c2coc(C=O)c2)OC1(C)C.Cc1cc(N(C(=O)OC(C)(C)C)c2cc(C3CCCN(C(=O)OC(C)(C)C)C3)nc3c(-c4coc(C=O)c4)cnn23)sn1.Cc1cc(Nc2cc(C3CCCN(C(=O)OC(C)(C)C)C3)nc3c(I)cnn23)sn1. The van der Waals surface area contributed by atoms with E-state index in [2.05, 4.69) is 46.9 Å². The third-order valence-corrected chi connectivity index (χ3v) is 17.2. The number of nitrogens with zero attached hydrogens (tertiary/aromatic N) is 11. The van der Waals surface area contributed by atoms with E-state index in [9.17, 15) is 24.0 Å². The number of carbonyl (C=O) groups is 5. The van der Waals surface area contributed by atoms with Crippen LogP contribution in [0.3, 0.4) is 0 Å². The number of aryl methyl sites for hydroxylation is 2. The van der Waals surface area contributed by atoms with Gasteiger partial charge in [-0.15, -0.1) is 0 Å². The zero-order valence-electron chi connectivity index (χ0n) is 52.8. The molecular formula is C61H76BIN12O12S2. The topological polar surface area (TPSA) is 266 Å². The van der Waals surface area contributed by atoms with Gasteiger partial charge in [-0.3, -0.25) is 9.59 Å². The number of aldehydes is 2. The largest absolute Gasteiger partial charge is 0.498 e. The molecule has 3 amide bonds. The summed E-state index contributed by atoms with van der Waals surface area (Å²) in [4.78, 5) is 76.1. The molecule has 11 heterocycles. The van der Waals surface area contributed by atoms with E-state index in [0.29, 0.717) is 72.0 Å². The Balaban J connectivity index is 0.000000176. The van der Waals surface area contributed by atoms with Crippen LogP contribution in [-0.4, -0.2) is 140 Å². The normalized spacial score (nSPS) is 17.6. The molecule has 474 valence electrons. The van der Waals surface area contributed by atoms with E-state index >= 15 is 0 Å². The number of nitrogens with one attached hydrogen (secondary N) is 1. The lowest BCUT2D eigenvalue weighted by Crippen LogP contribution is -2.42. The quantitative estimate of drug-likeness (QED) is 0.0577. The lowest BCUT2D eigenvalue weighted by molar-refractivity contribution is 0.00578. The number of carbonyl (C=O) groups excluding carboxylic acids is 5. The van der Waals surface area contributed by atoms with E-state index in [1.165, 1.54) is 40.5 Å². The summed E-state index contributed by atoms with van der Waals surface area (Å²) in [6.45, 7) is 30.6. The number of aromatic nitrogens is 8. The molecule has 8 aromatic rings. The first-order valence-corrected chi connectivity index (χ1v) is 31.9. The first kappa shape index (κ1) is 66.2. The van der Waals surface area contributed by atoms with Gasteiger partial charge in [0, 0.05) is 66.7 Å². The van der Waals surface area contributed by atoms with E-state index in [1.54, 1.807) is 53.4 Å². The molecule has 11 rings (SSSR count). The van der Waals surface area contributed by atoms with Gasteiger partial charge >= 0.3 is 25.4 Å². The van der Waals surface area contributed by atoms with Crippen molar-refractivity contribution in [2.75, 3.05) is 36.4 Å². The van der Waals surface area contributed by atoms with Gasteiger partial charge < -0.3 is 47.5 Å². The standard InChI is InChI=1S/C30H36N6O6S.C20H25IN6O2S.C11H15BO4/c1-18-11-25(43-33-18)35(28(39)42-30(5,6)7)24-13-23(19-9-8-10-34(15-19)27(38)41-29(2,3)4)32-26-22(14-31-36(24)26)20-12-21(16-37)40-17-20;1-12-8-17(30-25-12)24-16-9-15(23-18-14(21)10-22-27(16)18)13-6-5-7-26(11-13)19(28)29-20(2,3)4;1-10(2)11(3,4)16-12(15-10)8-5-9(6-13)14-7-8/h11-14,16-17,19H,8-10,15H2,1-7H3;8-10,13,24H,5-7,11H2,1-4H3;5-7H,1-4H3. The van der Waals surface area contributed by atoms with Crippen molar-refractivity contribution in [2.45, 2.75) is 169 Å². The summed E-state index contributed by atoms with van der Waals surface area (Å²) in [7, 11) is -0.470. The molecule has 89 heavy (non-hydrogen) atoms. The van der Waals surface area contributed by atoms with Crippen LogP contribution in [0.1, 0.15) is 171 Å². The Morgan fingerprint density at radius 3 is 1.76 bits per heavy atom. The molecule has 0 aliphatic carbocycles. The van der Waals surface area contributed by atoms with Gasteiger partial charge in [0.1, 0.15) is 38.4 Å². The minimum Gasteiger partial charge on any atom is -0.462 e. The zero-order valence-corrected chi connectivity index (χ0v) is 56.6. The van der Waals surface area contributed by atoms with Gasteiger partial charge in [0.2, 0.25) is 0 Å². The molecule has 2 unspecified atom stereocenters. The van der Waals surface area contributed by atoms with Gasteiger partial charge in [0.25, 0.3) is 0 Å². The third-order valence-electron chi connectivity index (χ3n) is 14.8. The molecule has 0 saturated carbocycles. The minimum absolute atomic E-state index is 0.144. The van der Waals surface area contributed by atoms with Crippen molar-refractivity contribution in [3.8, 4) is 11.1 Å². The molecule has 3 fully saturated rings. The number of amides is 3. The summed E-state index contributed by atoms with van der Waals surface area (Å²) in [5.41, 5.74) is 3.94. The number of hydrogen-bond donors (Lipinski definition) is 1. The molecule has 0 aromatic carbocycles. The highest BCUT2D eigenvalue weighted by atomic mass is 127. The number of fused-ring (bicyclic) bond motifs is 2. The Morgan fingerprint density at radius 1 is 0.697 bits per heavy atom. The smallest absolute Gasteiger partial charge is 0.462 e. The molecule has 1 N–H and O–H groups in total. The van der Waals surface area contributed by atoms with Gasteiger partial charge in [-0.05, 0) is 199 Å². The van der Waals surface area contributed by atoms with E-state index in [0.717, 1.165) is 68.3 Å². The highest BCUT2D eigenvalue weighted by Gasteiger charge is 2.52. The molecule has 8 aromatic heterocycles. The minimum atomic E-state index is -0.765. The number of rotatable bonds is 10. The Bertz CT molecular complexity index is 3850. The summed E-state index contributed by atoms with van der Waals surface area (Å²) in [5.74, 6) is 1.69. The summed E-state index contributed by atoms with van der Waals surface area (Å²) in [6, 6.07) is 10.9. The predicted octanol–water partition coefficient (Wildman–Crippen LogP) is 13.1. The average Bonchev–Trinajstić information content (AvgIpc) is 1.80. The van der Waals surface area contributed by atoms with Gasteiger partial charge in [-0.1, -0.05) is 0 Å². The molecule has 3 saturated heterocycles. The predicted molar refractivity (Wildman–Crippen MR) is 347 cm³/mol. The van der Waals surface area contributed by atoms with E-state index < -0.39 is 30.0 Å². The number of halogens is 1. The second-order valence-corrected chi connectivity index (χ2v) is 28.8. The Morgan fingerprint density at radius 2 is 1.24 bits per heavy atom. The van der Waals surface area contributed by atoms with Crippen molar-refractivity contribution in [3.05, 3.63) is 99.2 Å². The first-order chi connectivity index (χ1) is 41.8. The molecular weight excluding hydrogens is 1290 g/mol. The van der Waals surface area contributed by atoms with Crippen LogP contribution >= 0.6 is 45.7 Å². The number of likely N-dealkylation sites (tertiary alicyclic amines) is 2. The monoisotopic (exact) mass is 1370 g/mol. The van der Waals surface area contributed by atoms with Gasteiger partial charge in [0.15, 0.2) is 35.4 Å². The summed E-state index contributed by atoms with van der Waals surface area (Å²) >= 11 is 4.84. The van der Waals surface area contributed by atoms with E-state index in [4.69, 9.17) is 42.3 Å². The lowest BCUT2D eigenvalue weighted by Gasteiger charge is -2.34. The third kappa shape index (κ3) is 16.0. The highest BCUT2D eigenvalue weighted by molar-refractivity contribution is 14.1. The van der Waals surface area contributed by atoms with Crippen molar-refractivity contribution in [1.29, 1.82) is 0 Å². The van der Waals surface area contributed by atoms with Crippen molar-refractivity contribution in [3.63, 3.8) is 0 Å². The molecule has 3 aliphatic rings. The van der Waals surface area contributed by atoms with Crippen LogP contribution in [0.15, 0.2) is 70.2 Å². The average molecular weight is 1370 g/mol. The number of furan rings is 2. The molecule has 3 aliphatic heterocycles. The fourth-order valence-electron chi connectivity index (χ4n) is 9.91. The van der Waals surface area contributed by atoms with Gasteiger partial charge in [0.05, 0.1) is 62.5 Å². The first-order valence-electron chi connectivity index (χ1n) is 29.3. The fourth-order valence-corrected chi connectivity index (χ4v) is 11.8. The Labute approximate surface area is 538 Å². The number of ether oxygens (including phenoxy) is 3. The molecule has 0 bridgehead atoms. The van der Waals surface area contributed by atoms with Gasteiger partial charge in [-0.25, -0.2) is 29.3 Å². The van der Waals surface area contributed by atoms with Crippen LogP contribution in [0.5, 0.6) is 0 Å². The highest BCUT2D eigenvalue weighted by Crippen LogP contribution is 2.40. The van der Waals surface area contributed by atoms with Crippen molar-refractivity contribution >= 4 is 122 Å². The van der Waals surface area contributed by atoms with Gasteiger partial charge in [-0.2, -0.15) is 28.0 Å². The maximum absolute atomic E-state index is 13.8. The van der Waals surface area contributed by atoms with Crippen LogP contribution in [0.4, 0.5) is 36.0 Å². The lowest BCUT2D eigenvalue weighted by atomic mass is 9.81. The van der Waals surface area contributed by atoms with Crippen molar-refractivity contribution in [2.24, 2.45) is 0 Å². The van der Waals surface area contributed by atoms with E-state index in [-0.39, 0.29) is 46.7 Å². The number of piperidine rings is 2. The van der Waals surface area contributed by atoms with E-state index in [1.807, 2.05) is 118 Å². The van der Waals surface area contributed by atoms with Crippen LogP contribution in [-0.2, 0) is 23.5 Å². The summed E-state index contributed by atoms with van der Waals surface area (Å²) in [5, 5.41) is 14.0.